The lowest BCUT2D eigenvalue weighted by atomic mass is 10.2. The van der Waals surface area contributed by atoms with Gasteiger partial charge in [0.05, 0.1) is 6.61 Å². The van der Waals surface area contributed by atoms with Gasteiger partial charge in [-0.25, -0.2) is 9.90 Å². The lowest BCUT2D eigenvalue weighted by Crippen LogP contribution is -2.24. The van der Waals surface area contributed by atoms with Gasteiger partial charge >= 0.3 is 5.97 Å². The van der Waals surface area contributed by atoms with Gasteiger partial charge in [-0.3, -0.25) is 0 Å². The third kappa shape index (κ3) is 3.16. The van der Waals surface area contributed by atoms with Crippen LogP contribution in [-0.4, -0.2) is 19.4 Å². The number of carbonyl (C=O) groups is 1. The molecule has 0 N–H and O–H groups in total. The molecule has 0 aliphatic carbocycles. The Bertz CT molecular complexity index is 283. The van der Waals surface area contributed by atoms with E-state index in [2.05, 4.69) is 4.74 Å². The Labute approximate surface area is 82.1 Å². The number of ether oxygens (including phenoxy) is 2. The van der Waals surface area contributed by atoms with Crippen LogP contribution in [-0.2, 0) is 26.0 Å². The molecule has 0 heterocycles. The van der Waals surface area contributed by atoms with Crippen molar-refractivity contribution in [2.75, 3.05) is 7.11 Å². The van der Waals surface area contributed by atoms with E-state index >= 15 is 0 Å². The van der Waals surface area contributed by atoms with Crippen LogP contribution in [0, 0.1) is 0 Å². The molecule has 14 heavy (non-hydrogen) atoms. The van der Waals surface area contributed by atoms with Gasteiger partial charge < -0.3 is 9.47 Å². The van der Waals surface area contributed by atoms with Gasteiger partial charge in [-0.15, -0.1) is 0 Å². The maximum absolute atomic E-state index is 10.4. The molecule has 4 heteroatoms. The highest BCUT2D eigenvalue weighted by molar-refractivity contribution is 5.70. The van der Waals surface area contributed by atoms with E-state index in [9.17, 15) is 9.90 Å². The predicted molar refractivity (Wildman–Crippen MR) is 47.7 cm³/mol. The van der Waals surface area contributed by atoms with Gasteiger partial charge in [0, 0.05) is 7.11 Å². The zero-order chi connectivity index (χ0) is 10.4. The molecule has 0 saturated heterocycles. The number of hydrogen-bond acceptors (Lipinski definition) is 3. The van der Waals surface area contributed by atoms with Crippen molar-refractivity contribution in [3.63, 3.8) is 0 Å². The summed E-state index contributed by atoms with van der Waals surface area (Å²) in [6.45, 7) is 0.188. The van der Waals surface area contributed by atoms with Crippen LogP contribution in [0.2, 0.25) is 0 Å². The van der Waals surface area contributed by atoms with Crippen LogP contribution >= 0.6 is 0 Å². The maximum Gasteiger partial charge on any atom is 0.411 e. The summed E-state index contributed by atoms with van der Waals surface area (Å²) in [6, 6.07) is 9.24. The van der Waals surface area contributed by atoms with E-state index in [1.807, 2.05) is 30.3 Å². The molecule has 1 atom stereocenters. The summed E-state index contributed by atoms with van der Waals surface area (Å²) in [5.41, 5.74) is 0.885. The van der Waals surface area contributed by atoms with Gasteiger partial charge in [-0.05, 0) is 5.56 Å². The van der Waals surface area contributed by atoms with Crippen LogP contribution in [0.5, 0.6) is 0 Å². The first-order valence-electron chi connectivity index (χ1n) is 4.13. The molecular weight excluding hydrogens is 184 g/mol. The van der Waals surface area contributed by atoms with Gasteiger partial charge in [0.25, 0.3) is 6.29 Å². The van der Waals surface area contributed by atoms with E-state index in [1.165, 1.54) is 7.11 Å². The molecule has 1 aromatic carbocycles. The zero-order valence-electron chi connectivity index (χ0n) is 7.80. The van der Waals surface area contributed by atoms with Gasteiger partial charge in [0.2, 0.25) is 0 Å². The molecule has 0 spiro atoms. The standard InChI is InChI=1S/C10H11O4/c1-13-10(9(11)12)14-7-8-5-3-2-4-6-8/h2-6,10H,7H2,1H3. The van der Waals surface area contributed by atoms with E-state index in [-0.39, 0.29) is 6.61 Å². The van der Waals surface area contributed by atoms with Gasteiger partial charge in [0.1, 0.15) is 0 Å². The molecule has 0 saturated carbocycles. The van der Waals surface area contributed by atoms with Crippen molar-refractivity contribution in [1.29, 1.82) is 0 Å². The van der Waals surface area contributed by atoms with Crippen molar-refractivity contribution in [2.24, 2.45) is 0 Å². The minimum Gasteiger partial charge on any atom is -0.346 e. The largest absolute Gasteiger partial charge is 0.411 e. The molecule has 1 aromatic rings. The van der Waals surface area contributed by atoms with Crippen LogP contribution in [0.3, 0.4) is 0 Å². The normalized spacial score (nSPS) is 12.4. The Morgan fingerprint density at radius 2 is 2.00 bits per heavy atom. The van der Waals surface area contributed by atoms with Crippen LogP contribution < -0.4 is 0 Å². The highest BCUT2D eigenvalue weighted by atomic mass is 16.7. The first-order chi connectivity index (χ1) is 6.74. The van der Waals surface area contributed by atoms with Crippen LogP contribution in [0.15, 0.2) is 30.3 Å². The molecule has 0 aliphatic rings. The quantitative estimate of drug-likeness (QED) is 0.662. The van der Waals surface area contributed by atoms with Crippen molar-refractivity contribution >= 4 is 5.97 Å². The van der Waals surface area contributed by atoms with Crippen molar-refractivity contribution in [2.45, 2.75) is 12.9 Å². The first-order valence-corrected chi connectivity index (χ1v) is 4.13. The van der Waals surface area contributed by atoms with Gasteiger partial charge in [-0.1, -0.05) is 30.3 Å². The predicted octanol–water partition coefficient (Wildman–Crippen LogP) is 1.13. The Morgan fingerprint density at radius 3 is 2.50 bits per heavy atom. The number of benzene rings is 1. The molecule has 1 unspecified atom stereocenters. The van der Waals surface area contributed by atoms with Gasteiger partial charge in [-0.2, -0.15) is 0 Å². The minimum absolute atomic E-state index is 0.188. The highest BCUT2D eigenvalue weighted by Crippen LogP contribution is 2.03. The molecular formula is C10H11O4. The lowest BCUT2D eigenvalue weighted by molar-refractivity contribution is -0.191. The topological polar surface area (TPSA) is 55.4 Å². The fourth-order valence-electron chi connectivity index (χ4n) is 0.978. The maximum atomic E-state index is 10.4. The second-order valence-electron chi connectivity index (χ2n) is 2.68. The second-order valence-corrected chi connectivity index (χ2v) is 2.68. The number of hydrogen-bond donors (Lipinski definition) is 0. The van der Waals surface area contributed by atoms with Crippen molar-refractivity contribution in [3.8, 4) is 0 Å². The molecule has 1 radical (unpaired) electrons. The highest BCUT2D eigenvalue weighted by Gasteiger charge is 2.18. The van der Waals surface area contributed by atoms with Crippen LogP contribution in [0.25, 0.3) is 0 Å². The Hall–Kier alpha value is -1.39. The third-order valence-corrected chi connectivity index (χ3v) is 1.65. The van der Waals surface area contributed by atoms with Crippen LogP contribution in [0.1, 0.15) is 5.56 Å². The minimum atomic E-state index is -1.37. The summed E-state index contributed by atoms with van der Waals surface area (Å²) >= 11 is 0. The molecule has 1 rings (SSSR count). The van der Waals surface area contributed by atoms with E-state index in [0.717, 1.165) is 5.56 Å². The van der Waals surface area contributed by atoms with Gasteiger partial charge in [0.15, 0.2) is 0 Å². The molecule has 0 aromatic heterocycles. The summed E-state index contributed by atoms with van der Waals surface area (Å²) < 4.78 is 9.50. The molecule has 0 bridgehead atoms. The van der Waals surface area contributed by atoms with Crippen molar-refractivity contribution in [3.05, 3.63) is 35.9 Å². The third-order valence-electron chi connectivity index (χ3n) is 1.65. The fourth-order valence-corrected chi connectivity index (χ4v) is 0.978. The summed E-state index contributed by atoms with van der Waals surface area (Å²) in [5, 5.41) is 10.4. The van der Waals surface area contributed by atoms with E-state index in [1.54, 1.807) is 0 Å². The van der Waals surface area contributed by atoms with E-state index in [4.69, 9.17) is 4.74 Å². The zero-order valence-corrected chi connectivity index (χ0v) is 7.80. The SMILES string of the molecule is COC(OCc1ccccc1)C([O])=O. The molecule has 0 amide bonds. The summed E-state index contributed by atoms with van der Waals surface area (Å²) in [5.74, 6) is -1.37. The number of methoxy groups -OCH3 is 1. The summed E-state index contributed by atoms with van der Waals surface area (Å²) in [4.78, 5) is 10.4. The average molecular weight is 195 g/mol. The number of carbonyl (C=O) groups excluding carboxylic acids is 1. The van der Waals surface area contributed by atoms with Crippen molar-refractivity contribution < 1.29 is 19.4 Å². The molecule has 0 fully saturated rings. The Balaban J connectivity index is 2.44. The lowest BCUT2D eigenvalue weighted by Gasteiger charge is -2.09. The number of rotatable bonds is 5. The molecule has 4 nitrogen and oxygen atoms in total. The van der Waals surface area contributed by atoms with Crippen molar-refractivity contribution in [1.82, 2.24) is 0 Å². The Kier molecular flexibility index (Phi) is 4.10. The summed E-state index contributed by atoms with van der Waals surface area (Å²) in [7, 11) is 1.26. The second kappa shape index (κ2) is 5.36. The monoisotopic (exact) mass is 195 g/mol. The summed E-state index contributed by atoms with van der Waals surface area (Å²) in [6.07, 6.45) is -1.31. The van der Waals surface area contributed by atoms with Crippen LogP contribution in [0.4, 0.5) is 0 Å². The average Bonchev–Trinajstić information content (AvgIpc) is 2.20. The van der Waals surface area contributed by atoms with E-state index < -0.39 is 12.3 Å². The van der Waals surface area contributed by atoms with E-state index in [0.29, 0.717) is 0 Å². The fraction of sp³-hybridized carbons (Fsp3) is 0.300. The molecule has 0 aliphatic heterocycles. The first kappa shape index (κ1) is 10.7. The molecule has 75 valence electrons. The smallest absolute Gasteiger partial charge is 0.346 e. The Morgan fingerprint density at radius 1 is 1.36 bits per heavy atom.